The highest BCUT2D eigenvalue weighted by Crippen LogP contribution is 2.43. The van der Waals surface area contributed by atoms with E-state index in [4.69, 9.17) is 9.47 Å². The number of aromatic hydroxyl groups is 1. The van der Waals surface area contributed by atoms with Gasteiger partial charge in [-0.1, -0.05) is 0 Å². The zero-order chi connectivity index (χ0) is 13.5. The molecule has 0 spiro atoms. The van der Waals surface area contributed by atoms with E-state index < -0.39 is 5.60 Å². The number of carbonyl (C=O) groups excluding carboxylic acids is 1. The van der Waals surface area contributed by atoms with Gasteiger partial charge in [0.2, 0.25) is 0 Å². The predicted molar refractivity (Wildman–Crippen MR) is 68.4 cm³/mol. The maximum absolute atomic E-state index is 11.6. The highest BCUT2D eigenvalue weighted by atomic mass is 16.5. The molecule has 96 valence electrons. The second-order valence-corrected chi connectivity index (χ2v) is 4.81. The molecule has 1 aromatic rings. The molecule has 0 fully saturated rings. The first-order chi connectivity index (χ1) is 8.35. The quantitative estimate of drug-likeness (QED) is 0.818. The number of fused-ring (bicyclic) bond motifs is 1. The summed E-state index contributed by atoms with van der Waals surface area (Å²) in [5.41, 5.74) is 0.256. The third-order valence-electron chi connectivity index (χ3n) is 2.86. The second-order valence-electron chi connectivity index (χ2n) is 4.81. The molecule has 0 amide bonds. The fraction of sp³-hybridized carbons (Fsp3) is 0.357. The van der Waals surface area contributed by atoms with Gasteiger partial charge in [-0.05, 0) is 32.9 Å². The van der Waals surface area contributed by atoms with E-state index in [1.54, 1.807) is 12.1 Å². The Balaban J connectivity index is 2.68. The van der Waals surface area contributed by atoms with E-state index in [1.165, 1.54) is 14.0 Å². The number of ether oxygens (including phenoxy) is 2. The molecule has 2 rings (SSSR count). The molecule has 4 heteroatoms. The third-order valence-corrected chi connectivity index (χ3v) is 2.86. The molecule has 0 aromatic heterocycles. The van der Waals surface area contributed by atoms with Crippen LogP contribution in [0.25, 0.3) is 6.08 Å². The van der Waals surface area contributed by atoms with E-state index in [2.05, 4.69) is 0 Å². The number of hydrogen-bond donors (Lipinski definition) is 1. The van der Waals surface area contributed by atoms with Gasteiger partial charge in [0.25, 0.3) is 0 Å². The summed E-state index contributed by atoms with van der Waals surface area (Å²) in [5, 5.41) is 10.2. The molecular formula is C14H16O4. The van der Waals surface area contributed by atoms with Gasteiger partial charge in [-0.15, -0.1) is 0 Å². The Morgan fingerprint density at radius 2 is 2.11 bits per heavy atom. The van der Waals surface area contributed by atoms with Gasteiger partial charge in [-0.2, -0.15) is 0 Å². The number of benzene rings is 1. The zero-order valence-electron chi connectivity index (χ0n) is 10.9. The van der Waals surface area contributed by atoms with Crippen LogP contribution in [0.15, 0.2) is 12.1 Å². The number of hydrogen-bond acceptors (Lipinski definition) is 4. The number of carbonyl (C=O) groups is 1. The summed E-state index contributed by atoms with van der Waals surface area (Å²) in [7, 11) is 1.46. The number of phenols is 1. The lowest BCUT2D eigenvalue weighted by Crippen LogP contribution is -2.27. The number of phenolic OH excluding ortho intramolecular Hbond substituents is 1. The van der Waals surface area contributed by atoms with Crippen LogP contribution >= 0.6 is 0 Å². The summed E-state index contributed by atoms with van der Waals surface area (Å²) in [6.07, 6.45) is 3.60. The van der Waals surface area contributed by atoms with E-state index in [0.29, 0.717) is 17.1 Å². The van der Waals surface area contributed by atoms with Crippen LogP contribution in [0.3, 0.4) is 0 Å². The fourth-order valence-corrected chi connectivity index (χ4v) is 1.99. The minimum absolute atomic E-state index is 0.0939. The standard InChI is InChI=1S/C14H16O4/c1-8(15)12-11(17-4)7-10-9(13(12)16)5-6-14(2,3)18-10/h5-7,16H,1-4H3. The Bertz CT molecular complexity index is 541. The van der Waals surface area contributed by atoms with Crippen molar-refractivity contribution in [2.45, 2.75) is 26.4 Å². The van der Waals surface area contributed by atoms with E-state index >= 15 is 0 Å². The Labute approximate surface area is 106 Å². The SMILES string of the molecule is COc1cc2c(c(O)c1C(C)=O)C=CC(C)(C)O2. The summed E-state index contributed by atoms with van der Waals surface area (Å²) < 4.78 is 10.9. The molecular weight excluding hydrogens is 232 g/mol. The van der Waals surface area contributed by atoms with Crippen molar-refractivity contribution in [2.75, 3.05) is 7.11 Å². The van der Waals surface area contributed by atoms with Crippen LogP contribution < -0.4 is 9.47 Å². The highest BCUT2D eigenvalue weighted by Gasteiger charge is 2.27. The van der Waals surface area contributed by atoms with Crippen LogP contribution in [-0.2, 0) is 0 Å². The Hall–Kier alpha value is -1.97. The van der Waals surface area contributed by atoms with Crippen molar-refractivity contribution in [3.63, 3.8) is 0 Å². The molecule has 0 saturated carbocycles. The maximum Gasteiger partial charge on any atom is 0.167 e. The summed E-state index contributed by atoms with van der Waals surface area (Å²) in [6.45, 7) is 5.21. The second kappa shape index (κ2) is 4.05. The van der Waals surface area contributed by atoms with Crippen molar-refractivity contribution in [2.24, 2.45) is 0 Å². The zero-order valence-corrected chi connectivity index (χ0v) is 10.9. The first-order valence-corrected chi connectivity index (χ1v) is 5.69. The van der Waals surface area contributed by atoms with Crippen LogP contribution in [0.2, 0.25) is 0 Å². The van der Waals surface area contributed by atoms with Gasteiger partial charge >= 0.3 is 0 Å². The molecule has 1 aromatic carbocycles. The predicted octanol–water partition coefficient (Wildman–Crippen LogP) is 2.79. The van der Waals surface area contributed by atoms with E-state index in [-0.39, 0.29) is 17.1 Å². The lowest BCUT2D eigenvalue weighted by atomic mass is 9.97. The largest absolute Gasteiger partial charge is 0.506 e. The number of ketones is 1. The number of rotatable bonds is 2. The summed E-state index contributed by atoms with van der Waals surface area (Å²) >= 11 is 0. The van der Waals surface area contributed by atoms with E-state index in [9.17, 15) is 9.90 Å². The third kappa shape index (κ3) is 1.94. The van der Waals surface area contributed by atoms with Crippen molar-refractivity contribution < 1.29 is 19.4 Å². The first-order valence-electron chi connectivity index (χ1n) is 5.69. The lowest BCUT2D eigenvalue weighted by Gasteiger charge is -2.29. The Morgan fingerprint density at radius 3 is 2.67 bits per heavy atom. The molecule has 0 unspecified atom stereocenters. The molecule has 1 N–H and O–H groups in total. The fourth-order valence-electron chi connectivity index (χ4n) is 1.99. The van der Waals surface area contributed by atoms with Crippen molar-refractivity contribution in [3.8, 4) is 17.2 Å². The van der Waals surface area contributed by atoms with Crippen molar-refractivity contribution in [3.05, 3.63) is 23.3 Å². The number of methoxy groups -OCH3 is 1. The molecule has 18 heavy (non-hydrogen) atoms. The molecule has 1 aliphatic rings. The minimum atomic E-state index is -0.442. The Kier molecular flexibility index (Phi) is 2.81. The van der Waals surface area contributed by atoms with Gasteiger partial charge in [0.15, 0.2) is 5.78 Å². The van der Waals surface area contributed by atoms with Gasteiger partial charge in [0, 0.05) is 6.07 Å². The molecule has 0 atom stereocenters. The van der Waals surface area contributed by atoms with E-state index in [0.717, 1.165) is 0 Å². The first kappa shape index (κ1) is 12.5. The van der Waals surface area contributed by atoms with Gasteiger partial charge < -0.3 is 14.6 Å². The average molecular weight is 248 g/mol. The smallest absolute Gasteiger partial charge is 0.167 e. The average Bonchev–Trinajstić information content (AvgIpc) is 2.26. The summed E-state index contributed by atoms with van der Waals surface area (Å²) in [6, 6.07) is 1.64. The molecule has 0 aliphatic carbocycles. The molecule has 4 nitrogen and oxygen atoms in total. The molecule has 1 aliphatic heterocycles. The van der Waals surface area contributed by atoms with Crippen LogP contribution in [0.1, 0.15) is 36.7 Å². The van der Waals surface area contributed by atoms with Gasteiger partial charge in [-0.25, -0.2) is 0 Å². The monoisotopic (exact) mass is 248 g/mol. The van der Waals surface area contributed by atoms with Gasteiger partial charge in [-0.3, -0.25) is 4.79 Å². The van der Waals surface area contributed by atoms with Crippen LogP contribution in [0.5, 0.6) is 17.2 Å². The lowest BCUT2D eigenvalue weighted by molar-refractivity contribution is 0.101. The molecule has 0 radical (unpaired) electrons. The van der Waals surface area contributed by atoms with Gasteiger partial charge in [0.1, 0.15) is 28.4 Å². The van der Waals surface area contributed by atoms with Crippen LogP contribution in [0.4, 0.5) is 0 Å². The topological polar surface area (TPSA) is 55.8 Å². The molecule has 0 bridgehead atoms. The van der Waals surface area contributed by atoms with Crippen molar-refractivity contribution in [1.82, 2.24) is 0 Å². The van der Waals surface area contributed by atoms with Crippen molar-refractivity contribution >= 4 is 11.9 Å². The van der Waals surface area contributed by atoms with E-state index in [1.807, 2.05) is 19.9 Å². The molecule has 1 heterocycles. The highest BCUT2D eigenvalue weighted by molar-refractivity contribution is 6.01. The molecule has 0 saturated heterocycles. The maximum atomic E-state index is 11.6. The normalized spacial score (nSPS) is 15.8. The van der Waals surface area contributed by atoms with Crippen LogP contribution in [0, 0.1) is 0 Å². The van der Waals surface area contributed by atoms with Crippen molar-refractivity contribution in [1.29, 1.82) is 0 Å². The summed E-state index contributed by atoms with van der Waals surface area (Å²) in [4.78, 5) is 11.6. The summed E-state index contributed by atoms with van der Waals surface area (Å²) in [5.74, 6) is 0.501. The van der Waals surface area contributed by atoms with Crippen LogP contribution in [-0.4, -0.2) is 23.6 Å². The van der Waals surface area contributed by atoms with Gasteiger partial charge in [0.05, 0.1) is 12.7 Å². The Morgan fingerprint density at radius 1 is 1.44 bits per heavy atom. The minimum Gasteiger partial charge on any atom is -0.506 e. The number of Topliss-reactive ketones (excluding diaryl/α,β-unsaturated/α-hetero) is 1.